The maximum atomic E-state index is 13.3. The van der Waals surface area contributed by atoms with E-state index in [1.165, 1.54) is 6.07 Å². The minimum atomic E-state index is -0.897. The van der Waals surface area contributed by atoms with Gasteiger partial charge in [-0.2, -0.15) is 0 Å². The highest BCUT2D eigenvalue weighted by Gasteiger charge is 2.23. The van der Waals surface area contributed by atoms with Crippen molar-refractivity contribution in [2.24, 2.45) is 11.7 Å². The Morgan fingerprint density at radius 3 is 2.67 bits per heavy atom. The summed E-state index contributed by atoms with van der Waals surface area (Å²) in [5.74, 6) is -0.841. The minimum absolute atomic E-state index is 0.0520. The van der Waals surface area contributed by atoms with E-state index >= 15 is 0 Å². The summed E-state index contributed by atoms with van der Waals surface area (Å²) in [5.41, 5.74) is 5.48. The van der Waals surface area contributed by atoms with Crippen molar-refractivity contribution in [3.05, 3.63) is 29.3 Å². The standard InChI is InChI=1S/C11H13F2NO/c12-9-3-4-10(8(5-14)11(9)13)15-6-7-1-2-7/h3-4,7H,1-2,5-6,14H2. The van der Waals surface area contributed by atoms with Crippen LogP contribution >= 0.6 is 0 Å². The van der Waals surface area contributed by atoms with Crippen molar-refractivity contribution in [3.63, 3.8) is 0 Å². The summed E-state index contributed by atoms with van der Waals surface area (Å²) in [4.78, 5) is 0. The molecule has 1 aliphatic rings. The number of hydrogen-bond donors (Lipinski definition) is 1. The molecule has 4 heteroatoms. The second kappa shape index (κ2) is 4.14. The fourth-order valence-corrected chi connectivity index (χ4v) is 1.39. The molecule has 0 unspecified atom stereocenters. The molecule has 1 aliphatic carbocycles. The summed E-state index contributed by atoms with van der Waals surface area (Å²) in [6.45, 7) is 0.516. The van der Waals surface area contributed by atoms with Crippen molar-refractivity contribution >= 4 is 0 Å². The van der Waals surface area contributed by atoms with Gasteiger partial charge in [0.15, 0.2) is 11.6 Å². The molecule has 0 amide bonds. The van der Waals surface area contributed by atoms with E-state index in [4.69, 9.17) is 10.5 Å². The molecule has 1 aromatic carbocycles. The van der Waals surface area contributed by atoms with E-state index in [1.807, 2.05) is 0 Å². The summed E-state index contributed by atoms with van der Waals surface area (Å²) < 4.78 is 31.5. The van der Waals surface area contributed by atoms with Gasteiger partial charge in [0.1, 0.15) is 5.75 Å². The average Bonchev–Trinajstić information content (AvgIpc) is 3.03. The van der Waals surface area contributed by atoms with E-state index in [2.05, 4.69) is 0 Å². The van der Waals surface area contributed by atoms with E-state index in [1.54, 1.807) is 0 Å². The predicted molar refractivity (Wildman–Crippen MR) is 52.5 cm³/mol. The van der Waals surface area contributed by atoms with Crippen molar-refractivity contribution in [1.82, 2.24) is 0 Å². The maximum Gasteiger partial charge on any atom is 0.167 e. The molecular weight excluding hydrogens is 200 g/mol. The van der Waals surface area contributed by atoms with Gasteiger partial charge in [-0.15, -0.1) is 0 Å². The fourth-order valence-electron chi connectivity index (χ4n) is 1.39. The molecule has 1 saturated carbocycles. The van der Waals surface area contributed by atoms with Gasteiger partial charge in [0, 0.05) is 12.1 Å². The Kier molecular flexibility index (Phi) is 2.86. The first kappa shape index (κ1) is 10.4. The Hall–Kier alpha value is -1.16. The first-order chi connectivity index (χ1) is 7.22. The summed E-state index contributed by atoms with van der Waals surface area (Å²) in [6, 6.07) is 2.50. The van der Waals surface area contributed by atoms with Crippen molar-refractivity contribution < 1.29 is 13.5 Å². The van der Waals surface area contributed by atoms with Crippen LogP contribution in [-0.2, 0) is 6.54 Å². The molecule has 0 atom stereocenters. The van der Waals surface area contributed by atoms with Gasteiger partial charge in [-0.3, -0.25) is 0 Å². The Morgan fingerprint density at radius 2 is 2.07 bits per heavy atom. The minimum Gasteiger partial charge on any atom is -0.493 e. The lowest BCUT2D eigenvalue weighted by Gasteiger charge is -2.10. The number of ether oxygens (including phenoxy) is 1. The molecule has 0 aromatic heterocycles. The zero-order valence-electron chi connectivity index (χ0n) is 8.30. The molecule has 82 valence electrons. The molecule has 0 spiro atoms. The molecule has 1 fully saturated rings. The smallest absolute Gasteiger partial charge is 0.167 e. The second-order valence-corrected chi connectivity index (χ2v) is 3.80. The normalized spacial score (nSPS) is 15.4. The summed E-state index contributed by atoms with van der Waals surface area (Å²) in [6.07, 6.45) is 2.31. The Balaban J connectivity index is 2.16. The third-order valence-electron chi connectivity index (χ3n) is 2.53. The van der Waals surface area contributed by atoms with Crippen LogP contribution < -0.4 is 10.5 Å². The zero-order valence-corrected chi connectivity index (χ0v) is 8.30. The molecule has 2 N–H and O–H groups in total. The van der Waals surface area contributed by atoms with E-state index < -0.39 is 11.6 Å². The highest BCUT2D eigenvalue weighted by atomic mass is 19.2. The number of benzene rings is 1. The van der Waals surface area contributed by atoms with Crippen LogP contribution in [0.15, 0.2) is 12.1 Å². The van der Waals surface area contributed by atoms with Crippen LogP contribution in [0.5, 0.6) is 5.75 Å². The maximum absolute atomic E-state index is 13.3. The molecule has 0 aliphatic heterocycles. The number of halogens is 2. The SMILES string of the molecule is NCc1c(OCC2CC2)ccc(F)c1F. The summed E-state index contributed by atoms with van der Waals surface area (Å²) >= 11 is 0. The van der Waals surface area contributed by atoms with Crippen molar-refractivity contribution in [1.29, 1.82) is 0 Å². The number of hydrogen-bond acceptors (Lipinski definition) is 2. The lowest BCUT2D eigenvalue weighted by Crippen LogP contribution is -2.08. The first-order valence-electron chi connectivity index (χ1n) is 5.02. The number of rotatable bonds is 4. The molecule has 2 rings (SSSR count). The van der Waals surface area contributed by atoms with Gasteiger partial charge in [0.25, 0.3) is 0 Å². The van der Waals surface area contributed by atoms with Gasteiger partial charge in [-0.05, 0) is 30.9 Å². The second-order valence-electron chi connectivity index (χ2n) is 3.80. The van der Waals surface area contributed by atoms with E-state index in [0.717, 1.165) is 18.9 Å². The van der Waals surface area contributed by atoms with Crippen LogP contribution in [0.4, 0.5) is 8.78 Å². The highest BCUT2D eigenvalue weighted by molar-refractivity contribution is 5.35. The van der Waals surface area contributed by atoms with Crippen molar-refractivity contribution in [3.8, 4) is 5.75 Å². The molecule has 2 nitrogen and oxygen atoms in total. The van der Waals surface area contributed by atoms with Crippen LogP contribution in [0.1, 0.15) is 18.4 Å². The topological polar surface area (TPSA) is 35.2 Å². The predicted octanol–water partition coefficient (Wildman–Crippen LogP) is 2.21. The molecule has 0 bridgehead atoms. The van der Waals surface area contributed by atoms with E-state index in [-0.39, 0.29) is 12.1 Å². The fraction of sp³-hybridized carbons (Fsp3) is 0.455. The summed E-state index contributed by atoms with van der Waals surface area (Å²) in [5, 5.41) is 0. The average molecular weight is 213 g/mol. The van der Waals surface area contributed by atoms with Gasteiger partial charge in [-0.1, -0.05) is 0 Å². The Morgan fingerprint density at radius 1 is 1.33 bits per heavy atom. The largest absolute Gasteiger partial charge is 0.493 e. The summed E-state index contributed by atoms with van der Waals surface area (Å²) in [7, 11) is 0. The highest BCUT2D eigenvalue weighted by Crippen LogP contribution is 2.31. The van der Waals surface area contributed by atoms with Crippen LogP contribution in [0, 0.1) is 17.6 Å². The lowest BCUT2D eigenvalue weighted by molar-refractivity contribution is 0.293. The molecular formula is C11H13F2NO. The lowest BCUT2D eigenvalue weighted by atomic mass is 10.2. The van der Waals surface area contributed by atoms with Gasteiger partial charge in [0.05, 0.1) is 6.61 Å². The third kappa shape index (κ3) is 2.26. The van der Waals surface area contributed by atoms with E-state index in [9.17, 15) is 8.78 Å². The molecule has 0 radical (unpaired) electrons. The van der Waals surface area contributed by atoms with Crippen LogP contribution in [0.3, 0.4) is 0 Å². The quantitative estimate of drug-likeness (QED) is 0.832. The third-order valence-corrected chi connectivity index (χ3v) is 2.53. The molecule has 15 heavy (non-hydrogen) atoms. The molecule has 0 saturated heterocycles. The van der Waals surface area contributed by atoms with Crippen molar-refractivity contribution in [2.75, 3.05) is 6.61 Å². The van der Waals surface area contributed by atoms with Gasteiger partial charge in [0.2, 0.25) is 0 Å². The monoisotopic (exact) mass is 213 g/mol. The molecule has 0 heterocycles. The zero-order chi connectivity index (χ0) is 10.8. The molecule has 1 aromatic rings. The van der Waals surface area contributed by atoms with Crippen LogP contribution in [0.2, 0.25) is 0 Å². The van der Waals surface area contributed by atoms with Crippen molar-refractivity contribution in [2.45, 2.75) is 19.4 Å². The van der Waals surface area contributed by atoms with Gasteiger partial charge < -0.3 is 10.5 Å². The van der Waals surface area contributed by atoms with Crippen LogP contribution in [0.25, 0.3) is 0 Å². The number of nitrogens with two attached hydrogens (primary N) is 1. The van der Waals surface area contributed by atoms with Crippen LogP contribution in [-0.4, -0.2) is 6.61 Å². The van der Waals surface area contributed by atoms with Gasteiger partial charge in [-0.25, -0.2) is 8.78 Å². The van der Waals surface area contributed by atoms with Gasteiger partial charge >= 0.3 is 0 Å². The Labute approximate surface area is 87.0 Å². The Bertz CT molecular complexity index is 364. The first-order valence-corrected chi connectivity index (χ1v) is 5.02. The van der Waals surface area contributed by atoms with E-state index in [0.29, 0.717) is 18.3 Å².